The van der Waals surface area contributed by atoms with Crippen molar-refractivity contribution in [2.75, 3.05) is 0 Å². The fourth-order valence-electron chi connectivity index (χ4n) is 2.19. The van der Waals surface area contributed by atoms with Crippen LogP contribution in [0.4, 0.5) is 13.2 Å². The number of halogens is 4. The summed E-state index contributed by atoms with van der Waals surface area (Å²) in [6, 6.07) is -0.675. The molecule has 7 heteroatoms. The Bertz CT molecular complexity index is 297. The Morgan fingerprint density at radius 1 is 1.32 bits per heavy atom. The first-order valence-corrected chi connectivity index (χ1v) is 6.34. The van der Waals surface area contributed by atoms with Gasteiger partial charge in [0.25, 0.3) is 0 Å². The van der Waals surface area contributed by atoms with Gasteiger partial charge in [0.2, 0.25) is 5.91 Å². The van der Waals surface area contributed by atoms with E-state index in [2.05, 4.69) is 5.32 Å². The monoisotopic (exact) mass is 302 g/mol. The van der Waals surface area contributed by atoms with Crippen molar-refractivity contribution in [1.29, 1.82) is 0 Å². The third kappa shape index (κ3) is 5.57. The van der Waals surface area contributed by atoms with Crippen LogP contribution in [0.2, 0.25) is 0 Å². The summed E-state index contributed by atoms with van der Waals surface area (Å²) in [6.45, 7) is 3.40. The topological polar surface area (TPSA) is 55.1 Å². The van der Waals surface area contributed by atoms with Gasteiger partial charge >= 0.3 is 6.18 Å². The average Bonchev–Trinajstić information content (AvgIpc) is 2.27. The first-order chi connectivity index (χ1) is 8.21. The molecule has 1 saturated carbocycles. The molecule has 4 atom stereocenters. The summed E-state index contributed by atoms with van der Waals surface area (Å²) in [7, 11) is 0. The fourth-order valence-corrected chi connectivity index (χ4v) is 2.19. The Labute approximate surface area is 117 Å². The normalized spacial score (nSPS) is 27.1. The van der Waals surface area contributed by atoms with Crippen LogP contribution < -0.4 is 11.1 Å². The van der Waals surface area contributed by atoms with E-state index < -0.39 is 12.1 Å². The molecule has 0 aromatic heterocycles. The van der Waals surface area contributed by atoms with Gasteiger partial charge in [-0.25, -0.2) is 0 Å². The molecule has 0 aromatic carbocycles. The van der Waals surface area contributed by atoms with Crippen molar-refractivity contribution >= 4 is 18.3 Å². The van der Waals surface area contributed by atoms with Crippen LogP contribution in [0.3, 0.4) is 0 Å². The van der Waals surface area contributed by atoms with E-state index in [1.165, 1.54) is 0 Å². The highest BCUT2D eigenvalue weighted by atomic mass is 35.5. The Hall–Kier alpha value is -0.490. The maximum atomic E-state index is 12.6. The molecule has 1 rings (SSSR count). The predicted molar refractivity (Wildman–Crippen MR) is 70.0 cm³/mol. The quantitative estimate of drug-likeness (QED) is 0.842. The standard InChI is InChI=1S/C12H21F3N2O.ClH/c1-7(8(2)16)11(18)17-10-5-3-4-9(6-10)12(13,14)15;/h7-10H,3-6,16H2,1-2H3,(H,17,18);1H. The number of carbonyl (C=O) groups excluding carboxylic acids is 1. The number of nitrogens with one attached hydrogen (secondary N) is 1. The van der Waals surface area contributed by atoms with Crippen LogP contribution in [0, 0.1) is 11.8 Å². The van der Waals surface area contributed by atoms with E-state index in [-0.39, 0.29) is 49.2 Å². The number of alkyl halides is 3. The van der Waals surface area contributed by atoms with Crippen LogP contribution in [0.5, 0.6) is 0 Å². The largest absolute Gasteiger partial charge is 0.391 e. The van der Waals surface area contributed by atoms with Crippen LogP contribution in [0.1, 0.15) is 39.5 Å². The van der Waals surface area contributed by atoms with Gasteiger partial charge in [-0.3, -0.25) is 4.79 Å². The Morgan fingerprint density at radius 2 is 1.89 bits per heavy atom. The van der Waals surface area contributed by atoms with E-state index in [1.54, 1.807) is 13.8 Å². The lowest BCUT2D eigenvalue weighted by atomic mass is 9.85. The van der Waals surface area contributed by atoms with Crippen LogP contribution in [-0.4, -0.2) is 24.2 Å². The molecular weight excluding hydrogens is 281 g/mol. The third-order valence-electron chi connectivity index (χ3n) is 3.69. The van der Waals surface area contributed by atoms with Crippen molar-refractivity contribution < 1.29 is 18.0 Å². The van der Waals surface area contributed by atoms with Crippen LogP contribution in [-0.2, 0) is 4.79 Å². The number of nitrogens with two attached hydrogens (primary N) is 1. The molecule has 1 fully saturated rings. The molecule has 1 aliphatic rings. The summed E-state index contributed by atoms with van der Waals surface area (Å²) >= 11 is 0. The maximum Gasteiger partial charge on any atom is 0.391 e. The van der Waals surface area contributed by atoms with Gasteiger partial charge in [-0.2, -0.15) is 13.2 Å². The van der Waals surface area contributed by atoms with E-state index in [0.717, 1.165) is 0 Å². The molecular formula is C12H22ClF3N2O. The number of carbonyl (C=O) groups is 1. The molecule has 114 valence electrons. The molecule has 0 heterocycles. The zero-order valence-electron chi connectivity index (χ0n) is 11.2. The van der Waals surface area contributed by atoms with Crippen molar-refractivity contribution in [3.8, 4) is 0 Å². The van der Waals surface area contributed by atoms with Crippen molar-refractivity contribution in [3.63, 3.8) is 0 Å². The summed E-state index contributed by atoms with van der Waals surface area (Å²) in [5.41, 5.74) is 5.60. The molecule has 0 radical (unpaired) electrons. The molecule has 0 aromatic rings. The molecule has 0 aliphatic heterocycles. The second-order valence-corrected chi connectivity index (χ2v) is 5.26. The van der Waals surface area contributed by atoms with Gasteiger partial charge in [0, 0.05) is 18.0 Å². The Kier molecular flexibility index (Phi) is 7.15. The minimum absolute atomic E-state index is 0. The summed E-state index contributed by atoms with van der Waals surface area (Å²) < 4.78 is 37.8. The second-order valence-electron chi connectivity index (χ2n) is 5.26. The van der Waals surface area contributed by atoms with Crippen molar-refractivity contribution in [2.45, 2.75) is 57.8 Å². The summed E-state index contributed by atoms with van der Waals surface area (Å²) in [5, 5.41) is 2.68. The van der Waals surface area contributed by atoms with Gasteiger partial charge in [-0.05, 0) is 26.2 Å². The third-order valence-corrected chi connectivity index (χ3v) is 3.69. The summed E-state index contributed by atoms with van der Waals surface area (Å²) in [6.07, 6.45) is -2.89. The SMILES string of the molecule is CC(N)C(C)C(=O)NC1CCCC(C(F)(F)F)C1.Cl. The molecule has 1 aliphatic carbocycles. The van der Waals surface area contributed by atoms with Crippen LogP contribution >= 0.6 is 12.4 Å². The van der Waals surface area contributed by atoms with Gasteiger partial charge in [0.05, 0.1) is 5.92 Å². The zero-order chi connectivity index (χ0) is 13.9. The van der Waals surface area contributed by atoms with Gasteiger partial charge in [0.15, 0.2) is 0 Å². The van der Waals surface area contributed by atoms with Gasteiger partial charge in [-0.1, -0.05) is 13.3 Å². The molecule has 0 bridgehead atoms. The number of amides is 1. The van der Waals surface area contributed by atoms with E-state index in [1.807, 2.05) is 0 Å². The highest BCUT2D eigenvalue weighted by Crippen LogP contribution is 2.37. The Balaban J connectivity index is 0.00000324. The second kappa shape index (κ2) is 7.33. The molecule has 3 nitrogen and oxygen atoms in total. The lowest BCUT2D eigenvalue weighted by Gasteiger charge is -2.32. The van der Waals surface area contributed by atoms with E-state index in [4.69, 9.17) is 5.73 Å². The smallest absolute Gasteiger partial charge is 0.353 e. The van der Waals surface area contributed by atoms with E-state index in [0.29, 0.717) is 12.8 Å². The van der Waals surface area contributed by atoms with Gasteiger partial charge < -0.3 is 11.1 Å². The average molecular weight is 303 g/mol. The lowest BCUT2D eigenvalue weighted by Crippen LogP contribution is -2.46. The molecule has 0 spiro atoms. The first kappa shape index (κ1) is 18.5. The fraction of sp³-hybridized carbons (Fsp3) is 0.917. The first-order valence-electron chi connectivity index (χ1n) is 6.34. The number of rotatable bonds is 3. The predicted octanol–water partition coefficient (Wildman–Crippen LogP) is 2.63. The van der Waals surface area contributed by atoms with E-state index in [9.17, 15) is 18.0 Å². The molecule has 1 amide bonds. The summed E-state index contributed by atoms with van der Waals surface area (Å²) in [5.74, 6) is -1.92. The van der Waals surface area contributed by atoms with E-state index >= 15 is 0 Å². The van der Waals surface area contributed by atoms with Crippen LogP contribution in [0.15, 0.2) is 0 Å². The lowest BCUT2D eigenvalue weighted by molar-refractivity contribution is -0.184. The van der Waals surface area contributed by atoms with Crippen molar-refractivity contribution in [3.05, 3.63) is 0 Å². The van der Waals surface area contributed by atoms with Crippen LogP contribution in [0.25, 0.3) is 0 Å². The molecule has 4 unspecified atom stereocenters. The highest BCUT2D eigenvalue weighted by Gasteiger charge is 2.42. The summed E-state index contributed by atoms with van der Waals surface area (Å²) in [4.78, 5) is 11.7. The zero-order valence-corrected chi connectivity index (χ0v) is 12.0. The number of hydrogen-bond donors (Lipinski definition) is 2. The maximum absolute atomic E-state index is 12.6. The van der Waals surface area contributed by atoms with Crippen molar-refractivity contribution in [2.24, 2.45) is 17.6 Å². The van der Waals surface area contributed by atoms with Gasteiger partial charge in [0.1, 0.15) is 0 Å². The molecule has 0 saturated heterocycles. The Morgan fingerprint density at radius 3 is 2.37 bits per heavy atom. The molecule has 3 N–H and O–H groups in total. The minimum Gasteiger partial charge on any atom is -0.353 e. The number of hydrogen-bond acceptors (Lipinski definition) is 2. The molecule has 19 heavy (non-hydrogen) atoms. The minimum atomic E-state index is -4.16. The van der Waals surface area contributed by atoms with Crippen molar-refractivity contribution in [1.82, 2.24) is 5.32 Å². The highest BCUT2D eigenvalue weighted by molar-refractivity contribution is 5.85. The van der Waals surface area contributed by atoms with Gasteiger partial charge in [-0.15, -0.1) is 12.4 Å².